The molecule has 0 radical (unpaired) electrons. The Bertz CT molecular complexity index is 1280. The van der Waals surface area contributed by atoms with Gasteiger partial charge in [-0.3, -0.25) is 25.5 Å². The molecule has 1 aromatic heterocycles. The largest absolute Gasteiger partial charge is 0.480 e. The number of benzene rings is 2. The number of hydrogen-bond donors (Lipinski definition) is 6. The second kappa shape index (κ2) is 13.3. The molecule has 1 aliphatic heterocycles. The van der Waals surface area contributed by atoms with Gasteiger partial charge >= 0.3 is 12.1 Å². The van der Waals surface area contributed by atoms with Crippen molar-refractivity contribution in [3.63, 3.8) is 0 Å². The number of aryl methyl sites for hydroxylation is 1. The van der Waals surface area contributed by atoms with E-state index in [1.807, 2.05) is 18.3 Å². The van der Waals surface area contributed by atoms with E-state index in [9.17, 15) is 19.5 Å². The summed E-state index contributed by atoms with van der Waals surface area (Å²) in [5.74, 6) is -1.77. The van der Waals surface area contributed by atoms with Crippen molar-refractivity contribution in [1.82, 2.24) is 31.5 Å². The molecular weight excluding hydrogens is 490 g/mol. The Kier molecular flexibility index (Phi) is 9.37. The number of aromatic nitrogens is 2. The lowest BCUT2D eigenvalue weighted by Crippen LogP contribution is -2.48. The normalized spacial score (nSPS) is 15.6. The van der Waals surface area contributed by atoms with Crippen LogP contribution in [0.4, 0.5) is 4.79 Å². The summed E-state index contributed by atoms with van der Waals surface area (Å²) in [5.41, 5.74) is 2.71. The minimum Gasteiger partial charge on any atom is -0.480 e. The number of aliphatic carboxylic acids is 1. The number of carbonyl (C=O) groups excluding carboxylic acids is 2. The van der Waals surface area contributed by atoms with E-state index in [1.54, 1.807) is 36.4 Å². The number of nitrogens with one attached hydrogen (secondary N) is 5. The second-order valence-corrected chi connectivity index (χ2v) is 8.77. The van der Waals surface area contributed by atoms with E-state index in [-0.39, 0.29) is 19.4 Å². The summed E-state index contributed by atoms with van der Waals surface area (Å²) in [4.78, 5) is 40.6. The minimum atomic E-state index is -1.35. The lowest BCUT2D eigenvalue weighted by Gasteiger charge is -2.18. The molecule has 38 heavy (non-hydrogen) atoms. The van der Waals surface area contributed by atoms with Crippen LogP contribution in [0.5, 0.6) is 0 Å². The van der Waals surface area contributed by atoms with E-state index in [1.165, 1.54) is 0 Å². The molecule has 0 saturated heterocycles. The smallest absolute Gasteiger partial charge is 0.408 e. The molecule has 0 aliphatic carbocycles. The Morgan fingerprint density at radius 3 is 2.76 bits per heavy atom. The second-order valence-electron chi connectivity index (χ2n) is 8.77. The molecular formula is C26H31N7O5. The van der Waals surface area contributed by atoms with Gasteiger partial charge in [-0.05, 0) is 43.5 Å². The van der Waals surface area contributed by atoms with Gasteiger partial charge in [-0.15, -0.1) is 0 Å². The Morgan fingerprint density at radius 2 is 2.00 bits per heavy atom. The first-order chi connectivity index (χ1) is 18.5. The highest BCUT2D eigenvalue weighted by atomic mass is 16.5. The van der Waals surface area contributed by atoms with E-state index in [0.717, 1.165) is 49.0 Å². The van der Waals surface area contributed by atoms with Crippen LogP contribution in [0, 0.1) is 0 Å². The van der Waals surface area contributed by atoms with E-state index < -0.39 is 24.0 Å². The zero-order valence-electron chi connectivity index (χ0n) is 20.8. The van der Waals surface area contributed by atoms with Crippen molar-refractivity contribution < 1.29 is 24.2 Å². The first-order valence-electron chi connectivity index (χ1n) is 12.4. The number of nitrogens with zero attached hydrogens (tertiary/aromatic N) is 2. The summed E-state index contributed by atoms with van der Waals surface area (Å²) in [5, 5.41) is 29.1. The number of amides is 2. The predicted octanol–water partition coefficient (Wildman–Crippen LogP) is 1.54. The summed E-state index contributed by atoms with van der Waals surface area (Å²) >= 11 is 0. The molecule has 0 saturated carbocycles. The average Bonchev–Trinajstić information content (AvgIpc) is 3.35. The van der Waals surface area contributed by atoms with Crippen LogP contribution in [0.1, 0.15) is 34.5 Å². The summed E-state index contributed by atoms with van der Waals surface area (Å²) in [6, 6.07) is 12.8. The van der Waals surface area contributed by atoms with Crippen LogP contribution in [0.25, 0.3) is 10.9 Å². The van der Waals surface area contributed by atoms with Gasteiger partial charge in [0, 0.05) is 30.3 Å². The standard InChI is InChI=1S/C26H31N7O5/c34-23(30-15-22(24(35)36)31-26(37)38-16-17-6-2-1-3-7-17)18-9-10-19-20(32-33-21(19)14-18)8-4-11-27-25-28-12-5-13-29-25/h1-3,6-7,9-10,12,14,22,25,27,29H,4-5,8,11,13,15-16H2,(H,30,34)(H,31,37)(H,32,33)(H,35,36). The van der Waals surface area contributed by atoms with E-state index in [2.05, 4.69) is 36.5 Å². The third-order valence-electron chi connectivity index (χ3n) is 5.97. The van der Waals surface area contributed by atoms with Crippen molar-refractivity contribution in [2.45, 2.75) is 38.2 Å². The lowest BCUT2D eigenvalue weighted by atomic mass is 10.1. The van der Waals surface area contributed by atoms with E-state index >= 15 is 0 Å². The maximum absolute atomic E-state index is 12.7. The van der Waals surface area contributed by atoms with Crippen molar-refractivity contribution in [2.24, 2.45) is 4.99 Å². The number of hydrogen-bond acceptors (Lipinski definition) is 8. The number of ether oxygens (including phenoxy) is 1. The van der Waals surface area contributed by atoms with E-state index in [0.29, 0.717) is 11.1 Å². The molecule has 12 nitrogen and oxygen atoms in total. The number of carboxylic acid groups (broad SMARTS) is 1. The summed E-state index contributed by atoms with van der Waals surface area (Å²) in [6.45, 7) is 1.38. The third-order valence-corrected chi connectivity index (χ3v) is 5.97. The number of carboxylic acids is 1. The number of aromatic amines is 1. The highest BCUT2D eigenvalue weighted by Gasteiger charge is 2.22. The van der Waals surface area contributed by atoms with Gasteiger partial charge in [0.25, 0.3) is 5.91 Å². The van der Waals surface area contributed by atoms with Crippen LogP contribution < -0.4 is 21.3 Å². The van der Waals surface area contributed by atoms with Crippen LogP contribution in [0.3, 0.4) is 0 Å². The SMILES string of the molecule is O=C(NC(CNC(=O)c1ccc2c(CCCNC3N=CCCN3)n[nH]c2c1)C(=O)O)OCc1ccccc1. The molecule has 6 N–H and O–H groups in total. The Morgan fingerprint density at radius 1 is 1.16 bits per heavy atom. The number of fused-ring (bicyclic) bond motifs is 1. The topological polar surface area (TPSA) is 170 Å². The number of H-pyrrole nitrogens is 1. The molecule has 2 heterocycles. The number of carbonyl (C=O) groups is 3. The first-order valence-corrected chi connectivity index (χ1v) is 12.4. The Hall–Kier alpha value is -4.29. The van der Waals surface area contributed by atoms with Crippen LogP contribution >= 0.6 is 0 Å². The van der Waals surface area contributed by atoms with Crippen LogP contribution in [-0.2, 0) is 22.6 Å². The van der Waals surface area contributed by atoms with Crippen molar-refractivity contribution in [3.8, 4) is 0 Å². The highest BCUT2D eigenvalue weighted by Crippen LogP contribution is 2.19. The van der Waals surface area contributed by atoms with Crippen molar-refractivity contribution in [1.29, 1.82) is 0 Å². The molecule has 200 valence electrons. The molecule has 0 spiro atoms. The summed E-state index contributed by atoms with van der Waals surface area (Å²) in [6.07, 6.45) is 3.55. The first kappa shape index (κ1) is 26.8. The summed E-state index contributed by atoms with van der Waals surface area (Å²) < 4.78 is 5.07. The zero-order valence-corrected chi connectivity index (χ0v) is 20.8. The molecule has 2 amide bonds. The average molecular weight is 522 g/mol. The molecule has 1 aliphatic rings. The zero-order chi connectivity index (χ0) is 26.7. The molecule has 2 unspecified atom stereocenters. The van der Waals surface area contributed by atoms with Gasteiger partial charge in [0.2, 0.25) is 0 Å². The minimum absolute atomic E-state index is 0.000343. The number of rotatable bonds is 12. The lowest BCUT2D eigenvalue weighted by molar-refractivity contribution is -0.139. The van der Waals surface area contributed by atoms with Crippen LogP contribution in [0.2, 0.25) is 0 Å². The molecule has 2 atom stereocenters. The Labute approximate surface area is 219 Å². The molecule has 0 bridgehead atoms. The molecule has 3 aromatic rings. The number of alkyl carbamates (subject to hydrolysis) is 1. The van der Waals surface area contributed by atoms with Crippen molar-refractivity contribution in [2.75, 3.05) is 19.6 Å². The molecule has 12 heteroatoms. The van der Waals surface area contributed by atoms with Gasteiger partial charge in [0.1, 0.15) is 12.6 Å². The maximum atomic E-state index is 12.7. The fourth-order valence-corrected chi connectivity index (χ4v) is 3.95. The Balaban J connectivity index is 1.25. The van der Waals surface area contributed by atoms with Gasteiger partial charge < -0.3 is 20.5 Å². The molecule has 4 rings (SSSR count). The highest BCUT2D eigenvalue weighted by molar-refractivity contribution is 5.98. The van der Waals surface area contributed by atoms with Crippen molar-refractivity contribution >= 4 is 35.1 Å². The molecule has 2 aromatic carbocycles. The van der Waals surface area contributed by atoms with Gasteiger partial charge in [-0.2, -0.15) is 5.10 Å². The number of aliphatic imine (C=N–C) groups is 1. The maximum Gasteiger partial charge on any atom is 0.408 e. The summed E-state index contributed by atoms with van der Waals surface area (Å²) in [7, 11) is 0. The van der Waals surface area contributed by atoms with E-state index in [4.69, 9.17) is 4.74 Å². The van der Waals surface area contributed by atoms with Crippen LogP contribution in [-0.4, -0.2) is 71.5 Å². The fourth-order valence-electron chi connectivity index (χ4n) is 3.95. The monoisotopic (exact) mass is 521 g/mol. The fraction of sp³-hybridized carbons (Fsp3) is 0.346. The van der Waals surface area contributed by atoms with Crippen LogP contribution in [0.15, 0.2) is 53.5 Å². The quantitative estimate of drug-likeness (QED) is 0.195. The van der Waals surface area contributed by atoms with Crippen molar-refractivity contribution in [3.05, 3.63) is 65.4 Å². The van der Waals surface area contributed by atoms with Gasteiger partial charge in [-0.25, -0.2) is 9.59 Å². The predicted molar refractivity (Wildman–Crippen MR) is 141 cm³/mol. The van der Waals surface area contributed by atoms with Gasteiger partial charge in [0.05, 0.1) is 11.2 Å². The third kappa shape index (κ3) is 7.60. The molecule has 0 fully saturated rings. The van der Waals surface area contributed by atoms with Gasteiger partial charge in [-0.1, -0.05) is 36.4 Å². The van der Waals surface area contributed by atoms with Gasteiger partial charge in [0.15, 0.2) is 6.29 Å².